The molecule has 8 nitrogen and oxygen atoms in total. The standard InChI is InChI=1S/C23H28N6O2/c1-16-9-11-28(12-10-16)21-8-7-18(14-24-21)15-25-23(30)22-17(2)29(27-26-22)19-5-4-6-20(13-19)31-3/h4-8,13-14,16H,9-12,15H2,1-3H3,(H,25,30). The van der Waals surface area contributed by atoms with E-state index in [4.69, 9.17) is 4.74 Å². The van der Waals surface area contributed by atoms with Gasteiger partial charge in [-0.1, -0.05) is 24.3 Å². The maximum atomic E-state index is 12.7. The summed E-state index contributed by atoms with van der Waals surface area (Å²) in [6.07, 6.45) is 4.23. The van der Waals surface area contributed by atoms with Crippen LogP contribution in [-0.2, 0) is 6.54 Å². The molecule has 1 N–H and O–H groups in total. The van der Waals surface area contributed by atoms with Crippen molar-refractivity contribution in [2.24, 2.45) is 5.92 Å². The Morgan fingerprint density at radius 3 is 2.74 bits per heavy atom. The third-order valence-electron chi connectivity index (χ3n) is 5.78. The molecule has 0 spiro atoms. The maximum absolute atomic E-state index is 12.7. The molecule has 1 amide bonds. The lowest BCUT2D eigenvalue weighted by Gasteiger charge is -2.31. The Balaban J connectivity index is 1.38. The number of aromatic nitrogens is 4. The number of pyridine rings is 1. The van der Waals surface area contributed by atoms with Crippen LogP contribution in [0.3, 0.4) is 0 Å². The molecule has 162 valence electrons. The average Bonchev–Trinajstić information content (AvgIpc) is 3.20. The number of rotatable bonds is 6. The van der Waals surface area contributed by atoms with Gasteiger partial charge in [-0.3, -0.25) is 4.79 Å². The third kappa shape index (κ3) is 4.68. The molecule has 0 radical (unpaired) electrons. The van der Waals surface area contributed by atoms with Crippen molar-refractivity contribution in [1.82, 2.24) is 25.3 Å². The van der Waals surface area contributed by atoms with Crippen LogP contribution in [0, 0.1) is 12.8 Å². The van der Waals surface area contributed by atoms with Crippen molar-refractivity contribution in [2.45, 2.75) is 33.2 Å². The number of ether oxygens (including phenoxy) is 1. The van der Waals surface area contributed by atoms with Crippen molar-refractivity contribution < 1.29 is 9.53 Å². The maximum Gasteiger partial charge on any atom is 0.274 e. The van der Waals surface area contributed by atoms with Gasteiger partial charge in [0, 0.05) is 31.9 Å². The van der Waals surface area contributed by atoms with Gasteiger partial charge in [-0.2, -0.15) is 0 Å². The second-order valence-corrected chi connectivity index (χ2v) is 8.01. The second-order valence-electron chi connectivity index (χ2n) is 8.01. The van der Waals surface area contributed by atoms with Crippen molar-refractivity contribution >= 4 is 11.7 Å². The molecule has 0 saturated carbocycles. The summed E-state index contributed by atoms with van der Waals surface area (Å²) >= 11 is 0. The summed E-state index contributed by atoms with van der Waals surface area (Å²) in [5.74, 6) is 2.24. The van der Waals surface area contributed by atoms with Crippen LogP contribution in [-0.4, -0.2) is 46.1 Å². The smallest absolute Gasteiger partial charge is 0.274 e. The van der Waals surface area contributed by atoms with Gasteiger partial charge in [0.1, 0.15) is 11.6 Å². The lowest BCUT2D eigenvalue weighted by atomic mass is 9.99. The summed E-state index contributed by atoms with van der Waals surface area (Å²) in [5.41, 5.74) is 2.70. The van der Waals surface area contributed by atoms with E-state index in [1.54, 1.807) is 11.8 Å². The minimum atomic E-state index is -0.263. The highest BCUT2D eigenvalue weighted by Crippen LogP contribution is 2.21. The van der Waals surface area contributed by atoms with Crippen LogP contribution in [0.1, 0.15) is 41.5 Å². The fourth-order valence-corrected chi connectivity index (χ4v) is 3.74. The van der Waals surface area contributed by atoms with Gasteiger partial charge in [-0.15, -0.1) is 5.10 Å². The van der Waals surface area contributed by atoms with Crippen molar-refractivity contribution in [3.63, 3.8) is 0 Å². The SMILES string of the molecule is COc1cccc(-n2nnc(C(=O)NCc3ccc(N4CCC(C)CC4)nc3)c2C)c1. The first-order valence-electron chi connectivity index (χ1n) is 10.6. The van der Waals surface area contributed by atoms with E-state index in [-0.39, 0.29) is 5.91 Å². The van der Waals surface area contributed by atoms with Crippen LogP contribution in [0.2, 0.25) is 0 Å². The number of nitrogens with zero attached hydrogens (tertiary/aromatic N) is 5. The molecule has 2 aromatic heterocycles. The fraction of sp³-hybridized carbons (Fsp3) is 0.391. The van der Waals surface area contributed by atoms with Crippen LogP contribution < -0.4 is 15.0 Å². The summed E-state index contributed by atoms with van der Waals surface area (Å²) in [7, 11) is 1.61. The monoisotopic (exact) mass is 420 g/mol. The predicted octanol–water partition coefficient (Wildman–Crippen LogP) is 3.15. The topological polar surface area (TPSA) is 85.2 Å². The van der Waals surface area contributed by atoms with Crippen molar-refractivity contribution in [2.75, 3.05) is 25.1 Å². The number of carbonyl (C=O) groups is 1. The number of benzene rings is 1. The molecule has 0 unspecified atom stereocenters. The molecule has 4 rings (SSSR count). The van der Waals surface area contributed by atoms with Crippen LogP contribution >= 0.6 is 0 Å². The minimum Gasteiger partial charge on any atom is -0.497 e. The molecule has 0 aliphatic carbocycles. The zero-order valence-electron chi connectivity index (χ0n) is 18.2. The molecule has 3 aromatic rings. The Labute approximate surface area is 182 Å². The Kier molecular flexibility index (Phi) is 6.16. The first-order chi connectivity index (χ1) is 15.0. The summed E-state index contributed by atoms with van der Waals surface area (Å²) in [5, 5.41) is 11.1. The third-order valence-corrected chi connectivity index (χ3v) is 5.78. The van der Waals surface area contributed by atoms with E-state index >= 15 is 0 Å². The molecule has 31 heavy (non-hydrogen) atoms. The molecule has 0 atom stereocenters. The zero-order chi connectivity index (χ0) is 21.8. The van der Waals surface area contributed by atoms with E-state index < -0.39 is 0 Å². The first kappa shape index (κ1) is 20.8. The van der Waals surface area contributed by atoms with Crippen LogP contribution in [0.4, 0.5) is 5.82 Å². The van der Waals surface area contributed by atoms with E-state index in [2.05, 4.69) is 32.4 Å². The summed E-state index contributed by atoms with van der Waals surface area (Å²) in [6.45, 7) is 6.60. The van der Waals surface area contributed by atoms with Gasteiger partial charge in [-0.05, 0) is 49.4 Å². The van der Waals surface area contributed by atoms with Gasteiger partial charge < -0.3 is 15.0 Å². The molecule has 3 heterocycles. The van der Waals surface area contributed by atoms with E-state index in [0.29, 0.717) is 23.7 Å². The molecule has 1 aromatic carbocycles. The number of methoxy groups -OCH3 is 1. The molecule has 0 bridgehead atoms. The molecular weight excluding hydrogens is 392 g/mol. The van der Waals surface area contributed by atoms with Crippen molar-refractivity contribution in [3.8, 4) is 11.4 Å². The van der Waals surface area contributed by atoms with Crippen molar-refractivity contribution in [1.29, 1.82) is 0 Å². The quantitative estimate of drug-likeness (QED) is 0.659. The summed E-state index contributed by atoms with van der Waals surface area (Å²) < 4.78 is 6.89. The van der Waals surface area contributed by atoms with Gasteiger partial charge in [0.15, 0.2) is 5.69 Å². The number of amides is 1. The molecule has 1 aliphatic heterocycles. The van der Waals surface area contributed by atoms with E-state index in [1.165, 1.54) is 12.8 Å². The Morgan fingerprint density at radius 2 is 2.03 bits per heavy atom. The van der Waals surface area contributed by atoms with Crippen LogP contribution in [0.25, 0.3) is 5.69 Å². The summed E-state index contributed by atoms with van der Waals surface area (Å²) in [6, 6.07) is 11.5. The van der Waals surface area contributed by atoms with Gasteiger partial charge in [-0.25, -0.2) is 9.67 Å². The highest BCUT2D eigenvalue weighted by molar-refractivity contribution is 5.93. The highest BCUT2D eigenvalue weighted by atomic mass is 16.5. The van der Waals surface area contributed by atoms with E-state index in [0.717, 1.165) is 36.1 Å². The van der Waals surface area contributed by atoms with E-state index in [9.17, 15) is 4.79 Å². The molecule has 8 heteroatoms. The lowest BCUT2D eigenvalue weighted by Crippen LogP contribution is -2.33. The number of hydrogen-bond donors (Lipinski definition) is 1. The van der Waals surface area contributed by atoms with Gasteiger partial charge in [0.05, 0.1) is 18.5 Å². The van der Waals surface area contributed by atoms with Gasteiger partial charge >= 0.3 is 0 Å². The Hall–Kier alpha value is -3.42. The highest BCUT2D eigenvalue weighted by Gasteiger charge is 2.18. The van der Waals surface area contributed by atoms with Crippen LogP contribution in [0.5, 0.6) is 5.75 Å². The first-order valence-corrected chi connectivity index (χ1v) is 10.6. The largest absolute Gasteiger partial charge is 0.497 e. The van der Waals surface area contributed by atoms with Crippen molar-refractivity contribution in [3.05, 3.63) is 59.5 Å². The molecule has 1 aliphatic rings. The minimum absolute atomic E-state index is 0.263. The number of anilines is 1. The fourth-order valence-electron chi connectivity index (χ4n) is 3.74. The zero-order valence-corrected chi connectivity index (χ0v) is 18.2. The number of nitrogens with one attached hydrogen (secondary N) is 1. The lowest BCUT2D eigenvalue weighted by molar-refractivity contribution is 0.0945. The average molecular weight is 421 g/mol. The molecule has 1 saturated heterocycles. The number of piperidine rings is 1. The second kappa shape index (κ2) is 9.16. The summed E-state index contributed by atoms with van der Waals surface area (Å²) in [4.78, 5) is 19.6. The predicted molar refractivity (Wildman–Crippen MR) is 119 cm³/mol. The Morgan fingerprint density at radius 1 is 1.23 bits per heavy atom. The van der Waals surface area contributed by atoms with Gasteiger partial charge in [0.2, 0.25) is 0 Å². The van der Waals surface area contributed by atoms with Gasteiger partial charge in [0.25, 0.3) is 5.91 Å². The normalized spacial score (nSPS) is 14.5. The van der Waals surface area contributed by atoms with E-state index in [1.807, 2.05) is 49.5 Å². The van der Waals surface area contributed by atoms with Crippen LogP contribution in [0.15, 0.2) is 42.6 Å². The molecular formula is C23H28N6O2. The molecule has 1 fully saturated rings. The number of hydrogen-bond acceptors (Lipinski definition) is 6. The Bertz CT molecular complexity index is 1040. The number of carbonyl (C=O) groups excluding carboxylic acids is 1.